The number of halogens is 3. The maximum atomic E-state index is 12.5. The van der Waals surface area contributed by atoms with Crippen LogP contribution in [0.4, 0.5) is 23.7 Å². The van der Waals surface area contributed by atoms with Crippen molar-refractivity contribution in [3.8, 4) is 0 Å². The van der Waals surface area contributed by atoms with Crippen LogP contribution < -0.4 is 10.6 Å². The summed E-state index contributed by atoms with van der Waals surface area (Å²) in [7, 11) is 0. The van der Waals surface area contributed by atoms with Crippen molar-refractivity contribution in [3.05, 3.63) is 29.8 Å². The normalized spacial score (nSPS) is 14.3. The van der Waals surface area contributed by atoms with Crippen molar-refractivity contribution in [3.63, 3.8) is 0 Å². The molecule has 0 saturated heterocycles. The van der Waals surface area contributed by atoms with E-state index in [0.29, 0.717) is 12.8 Å². The lowest BCUT2D eigenvalue weighted by Gasteiger charge is -2.29. The number of anilines is 1. The molecule has 0 aliphatic carbocycles. The molecule has 1 atom stereocenters. The van der Waals surface area contributed by atoms with Crippen molar-refractivity contribution in [2.24, 2.45) is 0 Å². The number of hydrogen-bond donors (Lipinski definition) is 3. The average molecular weight is 318 g/mol. The Morgan fingerprint density at radius 1 is 1.27 bits per heavy atom. The quantitative estimate of drug-likeness (QED) is 0.752. The van der Waals surface area contributed by atoms with Crippen molar-refractivity contribution in [2.75, 3.05) is 11.9 Å². The third kappa shape index (κ3) is 5.93. The van der Waals surface area contributed by atoms with Gasteiger partial charge in [-0.25, -0.2) is 4.79 Å². The number of hydrogen-bond acceptors (Lipinski definition) is 2. The van der Waals surface area contributed by atoms with Gasteiger partial charge in [-0.05, 0) is 31.4 Å². The minimum Gasteiger partial charge on any atom is -0.396 e. The molecule has 7 heteroatoms. The number of aliphatic hydroxyl groups is 1. The van der Waals surface area contributed by atoms with Gasteiger partial charge in [-0.3, -0.25) is 0 Å². The summed E-state index contributed by atoms with van der Waals surface area (Å²) in [6.07, 6.45) is -4.50. The fourth-order valence-corrected chi connectivity index (χ4v) is 2.01. The Bertz CT molecular complexity index is 506. The van der Waals surface area contributed by atoms with E-state index in [0.717, 1.165) is 0 Å². The summed E-state index contributed by atoms with van der Waals surface area (Å²) in [4.78, 5) is 12.0. The van der Waals surface area contributed by atoms with Crippen LogP contribution in [-0.2, 0) is 6.42 Å². The number of alkyl halides is 3. The highest BCUT2D eigenvalue weighted by Gasteiger charge is 2.29. The van der Waals surface area contributed by atoms with Gasteiger partial charge in [0.2, 0.25) is 0 Å². The number of urea groups is 1. The molecule has 0 heterocycles. The first kappa shape index (κ1) is 18.3. The second-order valence-electron chi connectivity index (χ2n) is 5.42. The lowest BCUT2D eigenvalue weighted by atomic mass is 9.95. The lowest BCUT2D eigenvalue weighted by Crippen LogP contribution is -2.48. The van der Waals surface area contributed by atoms with Crippen LogP contribution in [0.3, 0.4) is 0 Å². The van der Waals surface area contributed by atoms with Gasteiger partial charge in [0.1, 0.15) is 0 Å². The van der Waals surface area contributed by atoms with Crippen LogP contribution in [0, 0.1) is 0 Å². The van der Waals surface area contributed by atoms with Gasteiger partial charge in [0.25, 0.3) is 0 Å². The third-order valence-electron chi connectivity index (χ3n) is 3.52. The molecule has 4 nitrogen and oxygen atoms in total. The Balaban J connectivity index is 2.80. The Hall–Kier alpha value is -1.76. The molecule has 0 fully saturated rings. The zero-order valence-electron chi connectivity index (χ0n) is 12.6. The predicted octanol–water partition coefficient (Wildman–Crippen LogP) is 3.46. The predicted molar refractivity (Wildman–Crippen MR) is 78.8 cm³/mol. The first-order chi connectivity index (χ1) is 10.2. The second-order valence-corrected chi connectivity index (χ2v) is 5.42. The van der Waals surface area contributed by atoms with Crippen LogP contribution in [0.5, 0.6) is 0 Å². The molecular formula is C15H21F3N2O2. The smallest absolute Gasteiger partial charge is 0.393 e. The van der Waals surface area contributed by atoms with Crippen LogP contribution >= 0.6 is 0 Å². The fraction of sp³-hybridized carbons (Fsp3) is 0.533. The Morgan fingerprint density at radius 2 is 1.91 bits per heavy atom. The number of nitrogens with one attached hydrogen (secondary N) is 2. The molecule has 0 spiro atoms. The minimum absolute atomic E-state index is 0.00510. The van der Waals surface area contributed by atoms with Crippen molar-refractivity contribution >= 4 is 11.7 Å². The summed E-state index contributed by atoms with van der Waals surface area (Å²) in [5.74, 6) is 0. The molecular weight excluding hydrogens is 297 g/mol. The number of carbonyl (C=O) groups excluding carboxylic acids is 1. The summed E-state index contributed by atoms with van der Waals surface area (Å²) in [6.45, 7) is 3.53. The van der Waals surface area contributed by atoms with Gasteiger partial charge in [0.15, 0.2) is 0 Å². The third-order valence-corrected chi connectivity index (χ3v) is 3.52. The maximum Gasteiger partial charge on any atom is 0.393 e. The molecule has 0 radical (unpaired) electrons. The number of para-hydroxylation sites is 1. The van der Waals surface area contributed by atoms with Crippen LogP contribution in [0.25, 0.3) is 0 Å². The topological polar surface area (TPSA) is 61.4 Å². The summed E-state index contributed by atoms with van der Waals surface area (Å²) in [6, 6.07) is 5.22. The highest BCUT2D eigenvalue weighted by atomic mass is 19.4. The zero-order valence-corrected chi connectivity index (χ0v) is 12.6. The lowest BCUT2D eigenvalue weighted by molar-refractivity contribution is -0.127. The average Bonchev–Trinajstić information content (AvgIpc) is 2.39. The minimum atomic E-state index is -4.34. The molecule has 1 unspecified atom stereocenters. The Kier molecular flexibility index (Phi) is 6.22. The molecule has 0 aliphatic heterocycles. The molecule has 1 rings (SSSR count). The summed E-state index contributed by atoms with van der Waals surface area (Å²) in [5.41, 5.74) is -0.483. The van der Waals surface area contributed by atoms with E-state index in [9.17, 15) is 18.0 Å². The number of rotatable bonds is 6. The van der Waals surface area contributed by atoms with Gasteiger partial charge < -0.3 is 15.7 Å². The van der Waals surface area contributed by atoms with Crippen molar-refractivity contribution in [2.45, 2.75) is 44.8 Å². The van der Waals surface area contributed by atoms with Gasteiger partial charge >= 0.3 is 12.2 Å². The van der Waals surface area contributed by atoms with E-state index in [2.05, 4.69) is 10.6 Å². The van der Waals surface area contributed by atoms with Crippen molar-refractivity contribution in [1.29, 1.82) is 0 Å². The molecule has 22 heavy (non-hydrogen) atoms. The first-order valence-electron chi connectivity index (χ1n) is 7.04. The van der Waals surface area contributed by atoms with E-state index in [1.807, 2.05) is 6.92 Å². The summed E-state index contributed by atoms with van der Waals surface area (Å²) in [5, 5.41) is 14.2. The van der Waals surface area contributed by atoms with E-state index in [4.69, 9.17) is 5.11 Å². The maximum absolute atomic E-state index is 12.5. The van der Waals surface area contributed by atoms with Crippen molar-refractivity contribution < 1.29 is 23.1 Å². The first-order valence-corrected chi connectivity index (χ1v) is 7.04. The van der Waals surface area contributed by atoms with Crippen LogP contribution in [0.2, 0.25) is 0 Å². The SMILES string of the molecule is CCC(C)(CCO)NC(=O)Nc1ccccc1CC(F)(F)F. The molecule has 0 aromatic heterocycles. The summed E-state index contributed by atoms with van der Waals surface area (Å²) >= 11 is 0. The fourth-order valence-electron chi connectivity index (χ4n) is 2.01. The van der Waals surface area contributed by atoms with Gasteiger partial charge in [-0.15, -0.1) is 0 Å². The van der Waals surface area contributed by atoms with Gasteiger partial charge in [0, 0.05) is 17.8 Å². The van der Waals surface area contributed by atoms with E-state index in [1.165, 1.54) is 18.2 Å². The number of carbonyl (C=O) groups is 1. The largest absolute Gasteiger partial charge is 0.396 e. The molecule has 0 aliphatic rings. The second kappa shape index (κ2) is 7.49. The van der Waals surface area contributed by atoms with E-state index in [1.54, 1.807) is 13.0 Å². The summed E-state index contributed by atoms with van der Waals surface area (Å²) < 4.78 is 37.6. The van der Waals surface area contributed by atoms with Gasteiger partial charge in [0.05, 0.1) is 6.42 Å². The highest BCUT2D eigenvalue weighted by Crippen LogP contribution is 2.26. The Labute approximate surface area is 127 Å². The molecule has 0 saturated carbocycles. The van der Waals surface area contributed by atoms with Gasteiger partial charge in [-0.1, -0.05) is 25.1 Å². The highest BCUT2D eigenvalue weighted by molar-refractivity contribution is 5.90. The zero-order chi connectivity index (χ0) is 16.8. The van der Waals surface area contributed by atoms with Crippen LogP contribution in [0.1, 0.15) is 32.3 Å². The molecule has 1 aromatic carbocycles. The molecule has 0 bridgehead atoms. The van der Waals surface area contributed by atoms with E-state index < -0.39 is 24.2 Å². The van der Waals surface area contributed by atoms with Crippen LogP contribution in [0.15, 0.2) is 24.3 Å². The standard InChI is InChI=1S/C15H21F3N2O2/c1-3-14(2,8-9-21)20-13(22)19-12-7-5-4-6-11(12)10-15(16,17)18/h4-7,21H,3,8-10H2,1-2H3,(H2,19,20,22). The molecule has 1 aromatic rings. The number of amides is 2. The van der Waals surface area contributed by atoms with Crippen molar-refractivity contribution in [1.82, 2.24) is 5.32 Å². The van der Waals surface area contributed by atoms with Crippen LogP contribution in [-0.4, -0.2) is 29.5 Å². The Morgan fingerprint density at radius 3 is 2.45 bits per heavy atom. The number of benzene rings is 1. The van der Waals surface area contributed by atoms with E-state index in [-0.39, 0.29) is 17.9 Å². The van der Waals surface area contributed by atoms with Gasteiger partial charge in [-0.2, -0.15) is 13.2 Å². The molecule has 3 N–H and O–H groups in total. The molecule has 124 valence electrons. The van der Waals surface area contributed by atoms with E-state index >= 15 is 0 Å². The molecule has 2 amide bonds. The number of aliphatic hydroxyl groups excluding tert-OH is 1. The monoisotopic (exact) mass is 318 g/mol.